The first-order chi connectivity index (χ1) is 14.9. The van der Waals surface area contributed by atoms with Crippen LogP contribution in [0.25, 0.3) is 11.4 Å². The smallest absolute Gasteiger partial charge is 0.0937 e. The SMILES string of the molecule is Cc1cc(C2(c3cc(C)c(N)c(C)c3)c3cccnc3-c3ncccc32)cc(C)c1N. The number of fused-ring (bicyclic) bond motifs is 3. The van der Waals surface area contributed by atoms with Crippen LogP contribution in [0.5, 0.6) is 0 Å². The molecule has 0 aliphatic heterocycles. The number of benzene rings is 2. The van der Waals surface area contributed by atoms with Crippen molar-refractivity contribution in [2.24, 2.45) is 0 Å². The lowest BCUT2D eigenvalue weighted by Crippen LogP contribution is -2.29. The van der Waals surface area contributed by atoms with Gasteiger partial charge in [0.05, 0.1) is 16.8 Å². The third-order valence-electron chi connectivity index (χ3n) is 6.70. The Balaban J connectivity index is 2.00. The monoisotopic (exact) mass is 406 g/mol. The molecule has 2 heterocycles. The highest BCUT2D eigenvalue weighted by molar-refractivity contribution is 5.82. The molecule has 2 aromatic carbocycles. The van der Waals surface area contributed by atoms with Gasteiger partial charge in [-0.1, -0.05) is 36.4 Å². The molecule has 0 saturated heterocycles. The summed E-state index contributed by atoms with van der Waals surface area (Å²) in [6.45, 7) is 8.29. The van der Waals surface area contributed by atoms with E-state index in [2.05, 4.69) is 64.1 Å². The first-order valence-corrected chi connectivity index (χ1v) is 10.5. The zero-order valence-electron chi connectivity index (χ0n) is 18.3. The zero-order chi connectivity index (χ0) is 21.9. The lowest BCUT2D eigenvalue weighted by molar-refractivity contribution is 0.760. The summed E-state index contributed by atoms with van der Waals surface area (Å²) in [5.41, 5.74) is 24.6. The summed E-state index contributed by atoms with van der Waals surface area (Å²) < 4.78 is 0. The maximum atomic E-state index is 6.35. The van der Waals surface area contributed by atoms with E-state index in [-0.39, 0.29) is 0 Å². The largest absolute Gasteiger partial charge is 0.398 e. The first-order valence-electron chi connectivity index (χ1n) is 10.5. The molecule has 0 amide bonds. The van der Waals surface area contributed by atoms with E-state index in [1.165, 1.54) is 11.1 Å². The molecule has 0 spiro atoms. The maximum Gasteiger partial charge on any atom is 0.0937 e. The molecule has 4 nitrogen and oxygen atoms in total. The van der Waals surface area contributed by atoms with E-state index < -0.39 is 5.41 Å². The fourth-order valence-corrected chi connectivity index (χ4v) is 5.11. The fourth-order valence-electron chi connectivity index (χ4n) is 5.11. The van der Waals surface area contributed by atoms with Crippen molar-refractivity contribution >= 4 is 11.4 Å². The van der Waals surface area contributed by atoms with E-state index in [0.717, 1.165) is 56.1 Å². The summed E-state index contributed by atoms with van der Waals surface area (Å²) in [6, 6.07) is 17.2. The molecule has 0 unspecified atom stereocenters. The van der Waals surface area contributed by atoms with Crippen LogP contribution in [0.15, 0.2) is 60.9 Å². The molecule has 4 N–H and O–H groups in total. The average Bonchev–Trinajstić information content (AvgIpc) is 3.06. The lowest BCUT2D eigenvalue weighted by Gasteiger charge is -2.34. The third-order valence-corrected chi connectivity index (χ3v) is 6.70. The molecule has 0 bridgehead atoms. The molecule has 0 radical (unpaired) electrons. The minimum atomic E-state index is -0.542. The molecule has 2 aromatic heterocycles. The van der Waals surface area contributed by atoms with Gasteiger partial charge in [-0.15, -0.1) is 0 Å². The van der Waals surface area contributed by atoms with Crippen LogP contribution in [0.4, 0.5) is 11.4 Å². The molecule has 4 aromatic rings. The average molecular weight is 407 g/mol. The number of aryl methyl sites for hydroxylation is 4. The number of rotatable bonds is 2. The predicted molar refractivity (Wildman–Crippen MR) is 127 cm³/mol. The third kappa shape index (κ3) is 2.54. The molecule has 5 rings (SSSR count). The molecule has 31 heavy (non-hydrogen) atoms. The summed E-state index contributed by atoms with van der Waals surface area (Å²) in [5, 5.41) is 0. The van der Waals surface area contributed by atoms with Gasteiger partial charge in [0.25, 0.3) is 0 Å². The van der Waals surface area contributed by atoms with Crippen molar-refractivity contribution in [2.75, 3.05) is 11.5 Å². The Bertz CT molecular complexity index is 1200. The minimum Gasteiger partial charge on any atom is -0.398 e. The molecule has 4 heteroatoms. The Morgan fingerprint density at radius 2 is 0.968 bits per heavy atom. The number of hydrogen-bond donors (Lipinski definition) is 2. The van der Waals surface area contributed by atoms with Gasteiger partial charge in [0.15, 0.2) is 0 Å². The van der Waals surface area contributed by atoms with Gasteiger partial charge >= 0.3 is 0 Å². The van der Waals surface area contributed by atoms with E-state index in [1.54, 1.807) is 0 Å². The number of nitrogens with two attached hydrogens (primary N) is 2. The van der Waals surface area contributed by atoms with Gasteiger partial charge in [0.2, 0.25) is 0 Å². The van der Waals surface area contributed by atoms with Crippen LogP contribution >= 0.6 is 0 Å². The van der Waals surface area contributed by atoms with E-state index in [0.29, 0.717) is 0 Å². The van der Waals surface area contributed by atoms with E-state index in [9.17, 15) is 0 Å². The highest BCUT2D eigenvalue weighted by Crippen LogP contribution is 2.55. The summed E-state index contributed by atoms with van der Waals surface area (Å²) in [4.78, 5) is 9.52. The van der Waals surface area contributed by atoms with Gasteiger partial charge in [-0.25, -0.2) is 0 Å². The Kier molecular flexibility index (Phi) is 4.16. The van der Waals surface area contributed by atoms with E-state index in [4.69, 9.17) is 21.4 Å². The highest BCUT2D eigenvalue weighted by atomic mass is 14.8. The van der Waals surface area contributed by atoms with E-state index >= 15 is 0 Å². The number of nitrogen functional groups attached to an aromatic ring is 2. The van der Waals surface area contributed by atoms with Crippen molar-refractivity contribution < 1.29 is 0 Å². The van der Waals surface area contributed by atoms with Crippen LogP contribution < -0.4 is 11.5 Å². The van der Waals surface area contributed by atoms with Gasteiger partial charge in [-0.05, 0) is 84.3 Å². The van der Waals surface area contributed by atoms with Crippen molar-refractivity contribution in [3.05, 3.63) is 105 Å². The Morgan fingerprint density at radius 1 is 0.613 bits per heavy atom. The second-order valence-corrected chi connectivity index (χ2v) is 8.60. The maximum absolute atomic E-state index is 6.35. The number of hydrogen-bond acceptors (Lipinski definition) is 4. The number of anilines is 2. The minimum absolute atomic E-state index is 0.542. The lowest BCUT2D eigenvalue weighted by atomic mass is 9.67. The summed E-state index contributed by atoms with van der Waals surface area (Å²) in [5.74, 6) is 0. The Hall–Kier alpha value is -3.66. The molecule has 0 atom stereocenters. The topological polar surface area (TPSA) is 77.8 Å². The second kappa shape index (κ2) is 6.67. The van der Waals surface area contributed by atoms with Gasteiger partial charge in [-0.2, -0.15) is 0 Å². The Morgan fingerprint density at radius 3 is 1.32 bits per heavy atom. The van der Waals surface area contributed by atoms with Gasteiger partial charge in [0, 0.05) is 23.8 Å². The predicted octanol–water partition coefficient (Wildman–Crippen LogP) is 5.24. The van der Waals surface area contributed by atoms with Crippen molar-refractivity contribution in [3.8, 4) is 11.4 Å². The molecule has 1 aliphatic rings. The fraction of sp³-hybridized carbons (Fsp3) is 0.185. The van der Waals surface area contributed by atoms with Crippen molar-refractivity contribution in [2.45, 2.75) is 33.1 Å². The molecular formula is C27H26N4. The second-order valence-electron chi connectivity index (χ2n) is 8.60. The molecule has 0 saturated carbocycles. The molecular weight excluding hydrogens is 380 g/mol. The molecule has 154 valence electrons. The van der Waals surface area contributed by atoms with Crippen LogP contribution in [0.3, 0.4) is 0 Å². The zero-order valence-corrected chi connectivity index (χ0v) is 18.3. The van der Waals surface area contributed by atoms with Gasteiger partial charge in [0.1, 0.15) is 0 Å². The van der Waals surface area contributed by atoms with Gasteiger partial charge in [-0.3, -0.25) is 9.97 Å². The van der Waals surface area contributed by atoms with Gasteiger partial charge < -0.3 is 11.5 Å². The Labute approximate surface area is 183 Å². The summed E-state index contributed by atoms with van der Waals surface area (Å²) in [6.07, 6.45) is 3.68. The van der Waals surface area contributed by atoms with Crippen molar-refractivity contribution in [1.82, 2.24) is 9.97 Å². The van der Waals surface area contributed by atoms with Crippen LogP contribution in [-0.2, 0) is 5.41 Å². The van der Waals surface area contributed by atoms with Crippen LogP contribution in [0, 0.1) is 27.7 Å². The first kappa shape index (κ1) is 19.3. The molecule has 0 fully saturated rings. The number of nitrogens with zero attached hydrogens (tertiary/aromatic N) is 2. The number of aromatic nitrogens is 2. The summed E-state index contributed by atoms with van der Waals surface area (Å²) >= 11 is 0. The van der Waals surface area contributed by atoms with Crippen LogP contribution in [0.2, 0.25) is 0 Å². The quantitative estimate of drug-likeness (QED) is 0.393. The summed E-state index contributed by atoms with van der Waals surface area (Å²) in [7, 11) is 0. The van der Waals surface area contributed by atoms with Crippen molar-refractivity contribution in [1.29, 1.82) is 0 Å². The standard InChI is InChI=1S/C27H26N4/c1-15-11-19(12-16(2)23(15)28)27(20-13-17(3)24(29)18(4)14-20)21-7-5-9-30-25(21)26-22(27)8-6-10-31-26/h5-14H,28-29H2,1-4H3. The van der Waals surface area contributed by atoms with Crippen LogP contribution in [0.1, 0.15) is 44.5 Å². The van der Waals surface area contributed by atoms with Crippen molar-refractivity contribution in [3.63, 3.8) is 0 Å². The van der Waals surface area contributed by atoms with Crippen LogP contribution in [-0.4, -0.2) is 9.97 Å². The van der Waals surface area contributed by atoms with E-state index in [1.807, 2.05) is 24.5 Å². The molecule has 1 aliphatic carbocycles. The normalized spacial score (nSPS) is 13.7. The highest BCUT2D eigenvalue weighted by Gasteiger charge is 2.48. The number of pyridine rings is 2.